The van der Waals surface area contributed by atoms with Crippen LogP contribution in [0.25, 0.3) is 0 Å². The lowest BCUT2D eigenvalue weighted by Crippen LogP contribution is -2.24. The summed E-state index contributed by atoms with van der Waals surface area (Å²) in [4.78, 5) is 12.7. The van der Waals surface area contributed by atoms with E-state index in [1.54, 1.807) is 12.1 Å². The van der Waals surface area contributed by atoms with E-state index in [1.165, 1.54) is 12.1 Å². The third-order valence-electron chi connectivity index (χ3n) is 4.64. The highest BCUT2D eigenvalue weighted by molar-refractivity contribution is 7.89. The number of amides is 1. The van der Waals surface area contributed by atoms with Crippen molar-refractivity contribution in [3.63, 3.8) is 0 Å². The van der Waals surface area contributed by atoms with E-state index in [9.17, 15) is 13.2 Å². The first-order valence-corrected chi connectivity index (χ1v) is 10.2. The first-order valence-electron chi connectivity index (χ1n) is 8.62. The number of nitrogens with two attached hydrogens (primary N) is 1. The summed E-state index contributed by atoms with van der Waals surface area (Å²) in [6.07, 6.45) is 2.02. The summed E-state index contributed by atoms with van der Waals surface area (Å²) in [6, 6.07) is 13.9. The van der Waals surface area contributed by atoms with Crippen LogP contribution in [0, 0.1) is 5.92 Å². The zero-order valence-corrected chi connectivity index (χ0v) is 15.3. The lowest BCUT2D eigenvalue weighted by molar-refractivity contribution is 0.0949. The molecular weight excluding hydrogens is 350 g/mol. The summed E-state index contributed by atoms with van der Waals surface area (Å²) in [6.45, 7) is 2.35. The fraction of sp³-hybridized carbons (Fsp3) is 0.316. The third kappa shape index (κ3) is 4.69. The molecule has 2 aromatic rings. The molecule has 1 fully saturated rings. The average Bonchev–Trinajstić information content (AvgIpc) is 3.13. The highest BCUT2D eigenvalue weighted by atomic mass is 32.2. The minimum atomic E-state index is -3.70. The summed E-state index contributed by atoms with van der Waals surface area (Å²) in [5, 5.41) is 11.3. The molecule has 2 aromatic carbocycles. The van der Waals surface area contributed by atoms with Crippen molar-refractivity contribution >= 4 is 15.9 Å². The van der Waals surface area contributed by atoms with Gasteiger partial charge in [-0.2, -0.15) is 0 Å². The van der Waals surface area contributed by atoms with Crippen molar-refractivity contribution in [3.05, 3.63) is 65.2 Å². The number of carbonyl (C=O) groups excluding carboxylic acids is 1. The molecule has 138 valence electrons. The van der Waals surface area contributed by atoms with Gasteiger partial charge in [0.1, 0.15) is 0 Å². The SMILES string of the molecule is NS(=O)(=O)c1ccc(CNC(=O)c2ccccc2CC2CCNC2)cc1. The molecule has 1 saturated heterocycles. The maximum atomic E-state index is 12.6. The Morgan fingerprint density at radius 1 is 1.15 bits per heavy atom. The molecule has 1 amide bonds. The number of hydrogen-bond acceptors (Lipinski definition) is 4. The van der Waals surface area contributed by atoms with Gasteiger partial charge in [-0.15, -0.1) is 0 Å². The molecular formula is C19H23N3O3S. The van der Waals surface area contributed by atoms with Crippen LogP contribution in [0.3, 0.4) is 0 Å². The third-order valence-corrected chi connectivity index (χ3v) is 5.57. The van der Waals surface area contributed by atoms with Crippen LogP contribution in [0.4, 0.5) is 0 Å². The van der Waals surface area contributed by atoms with E-state index < -0.39 is 10.0 Å². The fourth-order valence-electron chi connectivity index (χ4n) is 3.19. The van der Waals surface area contributed by atoms with E-state index in [-0.39, 0.29) is 10.8 Å². The quantitative estimate of drug-likeness (QED) is 0.713. The van der Waals surface area contributed by atoms with Crippen LogP contribution in [0.2, 0.25) is 0 Å². The molecule has 6 nitrogen and oxygen atoms in total. The average molecular weight is 373 g/mol. The molecule has 4 N–H and O–H groups in total. The molecule has 0 aliphatic carbocycles. The van der Waals surface area contributed by atoms with Gasteiger partial charge in [-0.05, 0) is 61.2 Å². The number of primary sulfonamides is 1. The maximum absolute atomic E-state index is 12.6. The Morgan fingerprint density at radius 3 is 2.54 bits per heavy atom. The Bertz CT molecular complexity index is 873. The van der Waals surface area contributed by atoms with Crippen molar-refractivity contribution in [2.75, 3.05) is 13.1 Å². The van der Waals surface area contributed by atoms with Crippen LogP contribution >= 0.6 is 0 Å². The number of carbonyl (C=O) groups is 1. The predicted molar refractivity (Wildman–Crippen MR) is 100 cm³/mol. The van der Waals surface area contributed by atoms with E-state index in [0.29, 0.717) is 18.0 Å². The van der Waals surface area contributed by atoms with Gasteiger partial charge in [0.15, 0.2) is 0 Å². The first kappa shape index (κ1) is 18.6. The maximum Gasteiger partial charge on any atom is 0.251 e. The Balaban J connectivity index is 1.65. The Kier molecular flexibility index (Phi) is 5.70. The van der Waals surface area contributed by atoms with Crippen LogP contribution < -0.4 is 15.8 Å². The number of benzene rings is 2. The molecule has 1 heterocycles. The Labute approximate surface area is 153 Å². The Morgan fingerprint density at radius 2 is 1.88 bits per heavy atom. The standard InChI is InChI=1S/C19H23N3O3S/c20-26(24,25)17-7-5-14(6-8-17)13-22-19(23)18-4-2-1-3-16(18)11-15-9-10-21-12-15/h1-8,15,21H,9-13H2,(H,22,23)(H2,20,24,25). The monoisotopic (exact) mass is 373 g/mol. The van der Waals surface area contributed by atoms with Gasteiger partial charge in [0.25, 0.3) is 5.91 Å². The smallest absolute Gasteiger partial charge is 0.251 e. The summed E-state index contributed by atoms with van der Waals surface area (Å²) < 4.78 is 22.6. The van der Waals surface area contributed by atoms with Crippen LogP contribution in [-0.4, -0.2) is 27.4 Å². The van der Waals surface area contributed by atoms with Gasteiger partial charge in [0.05, 0.1) is 4.90 Å². The van der Waals surface area contributed by atoms with E-state index in [0.717, 1.165) is 37.1 Å². The van der Waals surface area contributed by atoms with Gasteiger partial charge in [-0.25, -0.2) is 13.6 Å². The second-order valence-corrected chi connectivity index (χ2v) is 8.15. The molecule has 0 saturated carbocycles. The van der Waals surface area contributed by atoms with E-state index in [4.69, 9.17) is 5.14 Å². The normalized spacial score (nSPS) is 17.2. The number of nitrogens with one attached hydrogen (secondary N) is 2. The molecule has 26 heavy (non-hydrogen) atoms. The van der Waals surface area contributed by atoms with Gasteiger partial charge in [0.2, 0.25) is 10.0 Å². The highest BCUT2D eigenvalue weighted by Crippen LogP contribution is 2.18. The van der Waals surface area contributed by atoms with Crippen molar-refractivity contribution in [2.24, 2.45) is 11.1 Å². The van der Waals surface area contributed by atoms with Gasteiger partial charge < -0.3 is 10.6 Å². The first-order chi connectivity index (χ1) is 12.4. The zero-order chi connectivity index (χ0) is 18.6. The number of hydrogen-bond donors (Lipinski definition) is 3. The largest absolute Gasteiger partial charge is 0.348 e. The van der Waals surface area contributed by atoms with E-state index in [2.05, 4.69) is 10.6 Å². The van der Waals surface area contributed by atoms with E-state index in [1.807, 2.05) is 24.3 Å². The van der Waals surface area contributed by atoms with Crippen LogP contribution in [0.15, 0.2) is 53.4 Å². The predicted octanol–water partition coefficient (Wildman–Crippen LogP) is 1.42. The molecule has 3 rings (SSSR count). The molecule has 1 atom stereocenters. The summed E-state index contributed by atoms with van der Waals surface area (Å²) >= 11 is 0. The number of rotatable bonds is 6. The minimum absolute atomic E-state index is 0.0584. The Hall–Kier alpha value is -2.22. The number of sulfonamides is 1. The summed E-state index contributed by atoms with van der Waals surface area (Å²) in [5.74, 6) is 0.441. The lowest BCUT2D eigenvalue weighted by Gasteiger charge is -2.13. The van der Waals surface area contributed by atoms with Gasteiger partial charge in [-0.1, -0.05) is 30.3 Å². The van der Waals surface area contributed by atoms with Crippen molar-refractivity contribution in [3.8, 4) is 0 Å². The second kappa shape index (κ2) is 7.99. The van der Waals surface area contributed by atoms with Crippen LogP contribution in [-0.2, 0) is 23.0 Å². The molecule has 0 spiro atoms. The topological polar surface area (TPSA) is 101 Å². The van der Waals surface area contributed by atoms with Gasteiger partial charge in [-0.3, -0.25) is 4.79 Å². The van der Waals surface area contributed by atoms with Gasteiger partial charge in [0, 0.05) is 12.1 Å². The van der Waals surface area contributed by atoms with Crippen molar-refractivity contribution < 1.29 is 13.2 Å². The molecule has 1 unspecified atom stereocenters. The molecule has 1 aliphatic heterocycles. The van der Waals surface area contributed by atoms with Gasteiger partial charge >= 0.3 is 0 Å². The summed E-state index contributed by atoms with van der Waals surface area (Å²) in [5.41, 5.74) is 2.56. The summed E-state index contributed by atoms with van der Waals surface area (Å²) in [7, 11) is -3.70. The molecule has 7 heteroatoms. The lowest BCUT2D eigenvalue weighted by atomic mass is 9.94. The highest BCUT2D eigenvalue weighted by Gasteiger charge is 2.18. The van der Waals surface area contributed by atoms with Crippen molar-refractivity contribution in [2.45, 2.75) is 24.3 Å². The molecule has 0 aromatic heterocycles. The van der Waals surface area contributed by atoms with Crippen molar-refractivity contribution in [1.29, 1.82) is 0 Å². The molecule has 0 radical (unpaired) electrons. The van der Waals surface area contributed by atoms with Crippen LogP contribution in [0.5, 0.6) is 0 Å². The molecule has 1 aliphatic rings. The molecule has 0 bridgehead atoms. The fourth-order valence-corrected chi connectivity index (χ4v) is 3.71. The second-order valence-electron chi connectivity index (χ2n) is 6.59. The zero-order valence-electron chi connectivity index (χ0n) is 14.4. The van der Waals surface area contributed by atoms with Crippen molar-refractivity contribution in [1.82, 2.24) is 10.6 Å². The van der Waals surface area contributed by atoms with Crippen LogP contribution in [0.1, 0.15) is 27.9 Å². The minimum Gasteiger partial charge on any atom is -0.348 e. The van der Waals surface area contributed by atoms with E-state index >= 15 is 0 Å².